The van der Waals surface area contributed by atoms with Gasteiger partial charge in [0.15, 0.2) is 0 Å². The predicted molar refractivity (Wildman–Crippen MR) is 90.3 cm³/mol. The summed E-state index contributed by atoms with van der Waals surface area (Å²) in [4.78, 5) is 10.6. The summed E-state index contributed by atoms with van der Waals surface area (Å²) in [5, 5.41) is 4.01. The molecule has 0 bridgehead atoms. The normalized spacial score (nSPS) is 11.0. The zero-order chi connectivity index (χ0) is 16.8. The molecule has 6 heteroatoms. The molecule has 0 radical (unpaired) electrons. The molecule has 0 amide bonds. The van der Waals surface area contributed by atoms with Gasteiger partial charge in [0.2, 0.25) is 11.7 Å². The number of aromatic nitrogens is 3. The van der Waals surface area contributed by atoms with Crippen molar-refractivity contribution in [1.82, 2.24) is 20.0 Å². The van der Waals surface area contributed by atoms with Gasteiger partial charge >= 0.3 is 0 Å². The average molecular weight is 324 g/mol. The maximum Gasteiger partial charge on any atom is 0.241 e. The zero-order valence-electron chi connectivity index (χ0n) is 13.8. The van der Waals surface area contributed by atoms with Crippen molar-refractivity contribution < 1.29 is 9.26 Å². The van der Waals surface area contributed by atoms with E-state index >= 15 is 0 Å². The van der Waals surface area contributed by atoms with Crippen molar-refractivity contribution >= 4 is 0 Å². The minimum absolute atomic E-state index is 0.563. The Hall–Kier alpha value is -2.73. The number of hydrogen-bond acceptors (Lipinski definition) is 6. The van der Waals surface area contributed by atoms with Gasteiger partial charge in [-0.2, -0.15) is 4.98 Å². The fraction of sp³-hybridized carbons (Fsp3) is 0.278. The van der Waals surface area contributed by atoms with Crippen LogP contribution in [0.1, 0.15) is 18.4 Å². The Kier molecular flexibility index (Phi) is 5.18. The van der Waals surface area contributed by atoms with Crippen molar-refractivity contribution in [2.75, 3.05) is 13.7 Å². The van der Waals surface area contributed by atoms with E-state index in [1.165, 1.54) is 5.56 Å². The van der Waals surface area contributed by atoms with Crippen LogP contribution in [0.15, 0.2) is 53.3 Å². The first-order chi connectivity index (χ1) is 11.7. The molecule has 24 heavy (non-hydrogen) atoms. The Morgan fingerprint density at radius 1 is 1.12 bits per heavy atom. The lowest BCUT2D eigenvalue weighted by molar-refractivity contribution is 0.260. The lowest BCUT2D eigenvalue weighted by Crippen LogP contribution is -2.17. The van der Waals surface area contributed by atoms with Gasteiger partial charge in [-0.25, -0.2) is 0 Å². The molecule has 2 aromatic heterocycles. The molecular formula is C18H20N4O2. The van der Waals surface area contributed by atoms with Crippen LogP contribution in [0.2, 0.25) is 0 Å². The summed E-state index contributed by atoms with van der Waals surface area (Å²) in [7, 11) is 2.02. The first-order valence-electron chi connectivity index (χ1n) is 7.88. The van der Waals surface area contributed by atoms with Gasteiger partial charge in [-0.1, -0.05) is 17.3 Å². The van der Waals surface area contributed by atoms with Gasteiger partial charge in [-0.3, -0.25) is 9.88 Å². The molecule has 0 fully saturated rings. The van der Waals surface area contributed by atoms with Gasteiger partial charge in [0.05, 0.1) is 13.2 Å². The third-order valence-electron chi connectivity index (χ3n) is 3.48. The standard InChI is InChI=1S/C18H20N4O2/c1-3-23-16-8-6-14(7-9-16)12-22(2)13-17-20-18(21-24-17)15-5-4-10-19-11-15/h4-11H,3,12-13H2,1-2H3. The van der Waals surface area contributed by atoms with Crippen LogP contribution in [-0.4, -0.2) is 33.7 Å². The third kappa shape index (κ3) is 4.17. The Bertz CT molecular complexity index is 756. The Labute approximate surface area is 141 Å². The van der Waals surface area contributed by atoms with Crippen LogP contribution in [-0.2, 0) is 13.1 Å². The summed E-state index contributed by atoms with van der Waals surface area (Å²) in [5.41, 5.74) is 2.05. The molecule has 0 aliphatic rings. The number of benzene rings is 1. The van der Waals surface area contributed by atoms with E-state index in [9.17, 15) is 0 Å². The fourth-order valence-corrected chi connectivity index (χ4v) is 2.39. The summed E-state index contributed by atoms with van der Waals surface area (Å²) in [6.07, 6.45) is 3.44. The predicted octanol–water partition coefficient (Wildman–Crippen LogP) is 3.16. The second kappa shape index (κ2) is 7.70. The highest BCUT2D eigenvalue weighted by atomic mass is 16.5. The summed E-state index contributed by atoms with van der Waals surface area (Å²) in [6, 6.07) is 11.9. The number of pyridine rings is 1. The van der Waals surface area contributed by atoms with Crippen LogP contribution >= 0.6 is 0 Å². The summed E-state index contributed by atoms with van der Waals surface area (Å²) >= 11 is 0. The largest absolute Gasteiger partial charge is 0.494 e. The van der Waals surface area contributed by atoms with Crippen molar-refractivity contribution in [3.8, 4) is 17.1 Å². The van der Waals surface area contributed by atoms with E-state index in [1.807, 2.05) is 38.2 Å². The highest BCUT2D eigenvalue weighted by Gasteiger charge is 2.11. The number of ether oxygens (including phenoxy) is 1. The lowest BCUT2D eigenvalue weighted by Gasteiger charge is -2.14. The van der Waals surface area contributed by atoms with Gasteiger partial charge in [0, 0.05) is 24.5 Å². The Morgan fingerprint density at radius 2 is 1.96 bits per heavy atom. The quantitative estimate of drug-likeness (QED) is 0.665. The molecule has 2 heterocycles. The molecule has 124 valence electrons. The average Bonchev–Trinajstić information content (AvgIpc) is 3.06. The maximum absolute atomic E-state index is 5.45. The zero-order valence-corrected chi connectivity index (χ0v) is 13.8. The van der Waals surface area contributed by atoms with E-state index in [4.69, 9.17) is 9.26 Å². The van der Waals surface area contributed by atoms with Crippen molar-refractivity contribution in [2.24, 2.45) is 0 Å². The van der Waals surface area contributed by atoms with Gasteiger partial charge in [0.1, 0.15) is 5.75 Å². The highest BCUT2D eigenvalue weighted by molar-refractivity contribution is 5.51. The van der Waals surface area contributed by atoms with Crippen molar-refractivity contribution in [3.63, 3.8) is 0 Å². The molecule has 0 N–H and O–H groups in total. The topological polar surface area (TPSA) is 64.3 Å². The van der Waals surface area contributed by atoms with Crippen LogP contribution in [0.5, 0.6) is 5.75 Å². The van der Waals surface area contributed by atoms with Crippen LogP contribution < -0.4 is 4.74 Å². The van der Waals surface area contributed by atoms with E-state index < -0.39 is 0 Å². The maximum atomic E-state index is 5.45. The van der Waals surface area contributed by atoms with E-state index in [1.54, 1.807) is 12.4 Å². The van der Waals surface area contributed by atoms with Crippen LogP contribution in [0, 0.1) is 0 Å². The molecule has 3 rings (SSSR count). The van der Waals surface area contributed by atoms with Gasteiger partial charge in [-0.15, -0.1) is 0 Å². The molecule has 0 unspecified atom stereocenters. The van der Waals surface area contributed by atoms with Gasteiger partial charge in [0.25, 0.3) is 0 Å². The van der Waals surface area contributed by atoms with Crippen LogP contribution in [0.25, 0.3) is 11.4 Å². The van der Waals surface area contributed by atoms with Crippen LogP contribution in [0.4, 0.5) is 0 Å². The molecule has 0 atom stereocenters. The first kappa shape index (κ1) is 16.1. The van der Waals surface area contributed by atoms with E-state index in [0.29, 0.717) is 24.9 Å². The van der Waals surface area contributed by atoms with Gasteiger partial charge < -0.3 is 9.26 Å². The SMILES string of the molecule is CCOc1ccc(CN(C)Cc2nc(-c3cccnc3)no2)cc1. The molecule has 0 saturated carbocycles. The smallest absolute Gasteiger partial charge is 0.241 e. The van der Waals surface area contributed by atoms with E-state index in [2.05, 4.69) is 32.2 Å². The minimum Gasteiger partial charge on any atom is -0.494 e. The summed E-state index contributed by atoms with van der Waals surface area (Å²) in [5.74, 6) is 2.04. The highest BCUT2D eigenvalue weighted by Crippen LogP contribution is 2.16. The molecule has 3 aromatic rings. The van der Waals surface area contributed by atoms with E-state index in [-0.39, 0.29) is 0 Å². The minimum atomic E-state index is 0.563. The second-order valence-corrected chi connectivity index (χ2v) is 5.50. The third-order valence-corrected chi connectivity index (χ3v) is 3.48. The van der Waals surface area contributed by atoms with E-state index in [0.717, 1.165) is 17.9 Å². The number of nitrogens with zero attached hydrogens (tertiary/aromatic N) is 4. The second-order valence-electron chi connectivity index (χ2n) is 5.50. The van der Waals surface area contributed by atoms with Crippen molar-refractivity contribution in [1.29, 1.82) is 0 Å². The monoisotopic (exact) mass is 324 g/mol. The van der Waals surface area contributed by atoms with Gasteiger partial charge in [-0.05, 0) is 43.8 Å². The Morgan fingerprint density at radius 3 is 2.67 bits per heavy atom. The number of rotatable bonds is 7. The molecule has 0 spiro atoms. The Balaban J connectivity index is 1.59. The summed E-state index contributed by atoms with van der Waals surface area (Å²) in [6.45, 7) is 4.03. The fourth-order valence-electron chi connectivity index (χ4n) is 2.39. The molecule has 0 aliphatic heterocycles. The van der Waals surface area contributed by atoms with Crippen molar-refractivity contribution in [3.05, 3.63) is 60.2 Å². The number of hydrogen-bond donors (Lipinski definition) is 0. The molecule has 6 nitrogen and oxygen atoms in total. The molecule has 0 saturated heterocycles. The molecule has 1 aromatic carbocycles. The summed E-state index contributed by atoms with van der Waals surface area (Å²) < 4.78 is 10.8. The molecule has 0 aliphatic carbocycles. The first-order valence-corrected chi connectivity index (χ1v) is 7.88. The van der Waals surface area contributed by atoms with Crippen molar-refractivity contribution in [2.45, 2.75) is 20.0 Å². The lowest BCUT2D eigenvalue weighted by atomic mass is 10.2. The van der Waals surface area contributed by atoms with Crippen LogP contribution in [0.3, 0.4) is 0 Å². The molecular weight excluding hydrogens is 304 g/mol.